The van der Waals surface area contributed by atoms with Gasteiger partial charge in [0.2, 0.25) is 5.95 Å². The molecule has 0 bridgehead atoms. The summed E-state index contributed by atoms with van der Waals surface area (Å²) in [7, 11) is 3.16. The van der Waals surface area contributed by atoms with E-state index < -0.39 is 23.8 Å². The van der Waals surface area contributed by atoms with Crippen molar-refractivity contribution >= 4 is 28.8 Å². The molecule has 2 aromatic heterocycles. The number of ether oxygens (including phenoxy) is 2. The van der Waals surface area contributed by atoms with Crippen molar-refractivity contribution in [3.8, 4) is 5.75 Å². The van der Waals surface area contributed by atoms with Gasteiger partial charge in [0.25, 0.3) is 5.56 Å². The first kappa shape index (κ1) is 23.4. The number of esters is 1. The second kappa shape index (κ2) is 9.37. The summed E-state index contributed by atoms with van der Waals surface area (Å²) in [5.74, 6) is 0.855. The number of hydrogen-bond donors (Lipinski definition) is 0. The Morgan fingerprint density at radius 3 is 2.47 bits per heavy atom. The van der Waals surface area contributed by atoms with Crippen LogP contribution in [0.5, 0.6) is 5.75 Å². The van der Waals surface area contributed by atoms with Crippen LogP contribution in [0.2, 0.25) is 0 Å². The zero-order chi connectivity index (χ0) is 25.4. The molecule has 186 valence electrons. The van der Waals surface area contributed by atoms with Gasteiger partial charge in [0.15, 0.2) is 11.2 Å². The molecule has 0 aliphatic carbocycles. The summed E-state index contributed by atoms with van der Waals surface area (Å²) in [6, 6.07) is 16.8. The number of anilines is 2. The highest BCUT2D eigenvalue weighted by Crippen LogP contribution is 2.33. The Labute approximate surface area is 206 Å². The monoisotopic (exact) mass is 489 g/mol. The number of fused-ring (bicyclic) bond motifs is 3. The standard InChI is InChI=1S/C26H27N5O5/c1-17-13-29(19-9-11-20(35-3)12-10-19)25-27-23-22(30(25)14-17)24(33)31(26(34)28(23)2)15-21(32)36-16-18-7-5-4-6-8-18/h4-12,17H,13-16H2,1-3H3/t17-/m1/s1. The fourth-order valence-corrected chi connectivity index (χ4v) is 4.54. The first-order valence-electron chi connectivity index (χ1n) is 11.7. The molecule has 5 rings (SSSR count). The third-order valence-electron chi connectivity index (χ3n) is 6.36. The van der Waals surface area contributed by atoms with Crippen molar-refractivity contribution in [3.63, 3.8) is 0 Å². The van der Waals surface area contributed by atoms with Crippen LogP contribution in [-0.2, 0) is 36.3 Å². The van der Waals surface area contributed by atoms with Gasteiger partial charge in [-0.1, -0.05) is 37.3 Å². The molecule has 1 aliphatic heterocycles. The molecule has 4 aromatic rings. The lowest BCUT2D eigenvalue weighted by Gasteiger charge is -2.33. The number of benzene rings is 2. The van der Waals surface area contributed by atoms with E-state index in [1.54, 1.807) is 14.2 Å². The number of carbonyl (C=O) groups is 1. The van der Waals surface area contributed by atoms with E-state index in [0.717, 1.165) is 21.6 Å². The van der Waals surface area contributed by atoms with Gasteiger partial charge in [0.05, 0.1) is 7.11 Å². The number of carbonyl (C=O) groups excluding carboxylic acids is 1. The fraction of sp³-hybridized carbons (Fsp3) is 0.308. The number of imidazole rings is 1. The Kier molecular flexibility index (Phi) is 6.09. The Morgan fingerprint density at radius 1 is 1.06 bits per heavy atom. The maximum Gasteiger partial charge on any atom is 0.333 e. The Bertz CT molecular complexity index is 1540. The molecule has 3 heterocycles. The van der Waals surface area contributed by atoms with Crippen LogP contribution >= 0.6 is 0 Å². The van der Waals surface area contributed by atoms with E-state index in [4.69, 9.17) is 14.5 Å². The molecule has 0 fully saturated rings. The Morgan fingerprint density at radius 2 is 1.78 bits per heavy atom. The summed E-state index contributed by atoms with van der Waals surface area (Å²) >= 11 is 0. The minimum Gasteiger partial charge on any atom is -0.497 e. The van der Waals surface area contributed by atoms with Crippen molar-refractivity contribution in [2.45, 2.75) is 26.6 Å². The number of nitrogens with zero attached hydrogens (tertiary/aromatic N) is 5. The van der Waals surface area contributed by atoms with Crippen molar-refractivity contribution in [2.24, 2.45) is 13.0 Å². The quantitative estimate of drug-likeness (QED) is 0.384. The van der Waals surface area contributed by atoms with E-state index in [2.05, 4.69) is 6.92 Å². The van der Waals surface area contributed by atoms with E-state index in [1.807, 2.05) is 64.1 Å². The molecule has 10 nitrogen and oxygen atoms in total. The van der Waals surface area contributed by atoms with Gasteiger partial charge in [-0.3, -0.25) is 14.2 Å². The second-order valence-electron chi connectivity index (χ2n) is 8.99. The maximum atomic E-state index is 13.5. The fourth-order valence-electron chi connectivity index (χ4n) is 4.54. The molecule has 0 unspecified atom stereocenters. The maximum absolute atomic E-state index is 13.5. The number of hydrogen-bond acceptors (Lipinski definition) is 7. The van der Waals surface area contributed by atoms with Crippen LogP contribution in [-0.4, -0.2) is 38.3 Å². The second-order valence-corrected chi connectivity index (χ2v) is 8.99. The Hall–Kier alpha value is -4.34. The number of aromatic nitrogens is 4. The predicted octanol–water partition coefficient (Wildman–Crippen LogP) is 2.44. The van der Waals surface area contributed by atoms with Gasteiger partial charge in [-0.25, -0.2) is 9.36 Å². The van der Waals surface area contributed by atoms with Gasteiger partial charge in [-0.05, 0) is 35.7 Å². The van der Waals surface area contributed by atoms with Crippen molar-refractivity contribution in [1.82, 2.24) is 18.7 Å². The van der Waals surface area contributed by atoms with Crippen LogP contribution in [0.15, 0.2) is 64.2 Å². The molecule has 0 saturated heterocycles. The molecule has 0 radical (unpaired) electrons. The number of rotatable bonds is 6. The van der Waals surface area contributed by atoms with Crippen LogP contribution in [0.1, 0.15) is 12.5 Å². The smallest absolute Gasteiger partial charge is 0.333 e. The zero-order valence-corrected chi connectivity index (χ0v) is 20.4. The van der Waals surface area contributed by atoms with Crippen molar-refractivity contribution in [3.05, 3.63) is 81.0 Å². The summed E-state index contributed by atoms with van der Waals surface area (Å²) in [5.41, 5.74) is 1.10. The first-order chi connectivity index (χ1) is 17.4. The lowest BCUT2D eigenvalue weighted by atomic mass is 10.1. The van der Waals surface area contributed by atoms with Gasteiger partial charge in [-0.2, -0.15) is 4.98 Å². The minimum atomic E-state index is -0.663. The van der Waals surface area contributed by atoms with E-state index in [0.29, 0.717) is 19.0 Å². The molecule has 2 aromatic carbocycles. The molecule has 36 heavy (non-hydrogen) atoms. The SMILES string of the molecule is COc1ccc(N2C[C@@H](C)Cn3c2nc2c3c(=O)n(CC(=O)OCc3ccccc3)c(=O)n2C)cc1. The van der Waals surface area contributed by atoms with E-state index >= 15 is 0 Å². The van der Waals surface area contributed by atoms with Crippen molar-refractivity contribution in [1.29, 1.82) is 0 Å². The van der Waals surface area contributed by atoms with Crippen LogP contribution in [0.25, 0.3) is 11.2 Å². The molecule has 0 amide bonds. The van der Waals surface area contributed by atoms with Crippen LogP contribution in [0.4, 0.5) is 11.6 Å². The van der Waals surface area contributed by atoms with Crippen LogP contribution < -0.4 is 20.9 Å². The molecule has 0 spiro atoms. The average Bonchev–Trinajstić information content (AvgIpc) is 3.28. The predicted molar refractivity (Wildman–Crippen MR) is 135 cm³/mol. The molecule has 10 heteroatoms. The van der Waals surface area contributed by atoms with Crippen molar-refractivity contribution < 1.29 is 14.3 Å². The number of aryl methyl sites for hydroxylation is 1. The van der Waals surface area contributed by atoms with Crippen LogP contribution in [0.3, 0.4) is 0 Å². The van der Waals surface area contributed by atoms with Gasteiger partial charge in [0.1, 0.15) is 18.9 Å². The lowest BCUT2D eigenvalue weighted by molar-refractivity contribution is -0.145. The summed E-state index contributed by atoms with van der Waals surface area (Å²) in [6.07, 6.45) is 0. The zero-order valence-electron chi connectivity index (χ0n) is 20.4. The highest BCUT2D eigenvalue weighted by Gasteiger charge is 2.30. The van der Waals surface area contributed by atoms with E-state index in [-0.39, 0.29) is 23.7 Å². The van der Waals surface area contributed by atoms with Crippen LogP contribution in [0, 0.1) is 5.92 Å². The molecule has 1 atom stereocenters. The highest BCUT2D eigenvalue weighted by molar-refractivity contribution is 5.77. The molecule has 0 N–H and O–H groups in total. The molecular weight excluding hydrogens is 462 g/mol. The molecule has 0 saturated carbocycles. The minimum absolute atomic E-state index is 0.0629. The summed E-state index contributed by atoms with van der Waals surface area (Å²) < 4.78 is 14.6. The Balaban J connectivity index is 1.53. The third kappa shape index (κ3) is 4.15. The van der Waals surface area contributed by atoms with Crippen molar-refractivity contribution in [2.75, 3.05) is 18.6 Å². The van der Waals surface area contributed by atoms with Gasteiger partial charge >= 0.3 is 11.7 Å². The van der Waals surface area contributed by atoms with E-state index in [1.165, 1.54) is 4.57 Å². The highest BCUT2D eigenvalue weighted by atomic mass is 16.5. The summed E-state index contributed by atoms with van der Waals surface area (Å²) in [6.45, 7) is 2.93. The molecular formula is C26H27N5O5. The summed E-state index contributed by atoms with van der Waals surface area (Å²) in [5, 5.41) is 0. The average molecular weight is 490 g/mol. The van der Waals surface area contributed by atoms with Gasteiger partial charge < -0.3 is 18.9 Å². The van der Waals surface area contributed by atoms with E-state index in [9.17, 15) is 14.4 Å². The summed E-state index contributed by atoms with van der Waals surface area (Å²) in [4.78, 5) is 45.8. The normalized spacial score (nSPS) is 15.1. The number of methoxy groups -OCH3 is 1. The lowest BCUT2D eigenvalue weighted by Crippen LogP contribution is -2.42. The first-order valence-corrected chi connectivity index (χ1v) is 11.7. The topological polar surface area (TPSA) is 101 Å². The molecule has 1 aliphatic rings. The van der Waals surface area contributed by atoms with Gasteiger partial charge in [-0.15, -0.1) is 0 Å². The largest absolute Gasteiger partial charge is 0.497 e. The third-order valence-corrected chi connectivity index (χ3v) is 6.36. The van der Waals surface area contributed by atoms with Gasteiger partial charge in [0, 0.05) is 25.8 Å².